The second kappa shape index (κ2) is 6.62. The van der Waals surface area contributed by atoms with E-state index in [0.717, 1.165) is 11.4 Å². The molecule has 7 heteroatoms. The van der Waals surface area contributed by atoms with Crippen LogP contribution in [0, 0.1) is 0 Å². The van der Waals surface area contributed by atoms with Gasteiger partial charge in [0.15, 0.2) is 5.69 Å². The fourth-order valence-corrected chi connectivity index (χ4v) is 2.50. The lowest BCUT2D eigenvalue weighted by molar-refractivity contribution is 0.0946. The number of thiazole rings is 1. The zero-order valence-corrected chi connectivity index (χ0v) is 13.2. The molecule has 0 spiro atoms. The van der Waals surface area contributed by atoms with E-state index in [-0.39, 0.29) is 23.2 Å². The molecular weight excluding hydrogens is 286 g/mol. The summed E-state index contributed by atoms with van der Waals surface area (Å²) in [7, 11) is 0. The first-order chi connectivity index (χ1) is 10.0. The van der Waals surface area contributed by atoms with Crippen molar-refractivity contribution in [3.63, 3.8) is 0 Å². The number of anilines is 1. The van der Waals surface area contributed by atoms with Gasteiger partial charge in [0.05, 0.1) is 18.4 Å². The third kappa shape index (κ3) is 3.75. The van der Waals surface area contributed by atoms with Crippen LogP contribution >= 0.6 is 11.3 Å². The molecule has 3 N–H and O–H groups in total. The van der Waals surface area contributed by atoms with Crippen molar-refractivity contribution in [3.05, 3.63) is 33.8 Å². The first kappa shape index (κ1) is 15.4. The summed E-state index contributed by atoms with van der Waals surface area (Å²) < 4.78 is 0. The molecular formula is C14H19N5OS. The number of carbonyl (C=O) groups is 1. The first-order valence-electron chi connectivity index (χ1n) is 6.85. The summed E-state index contributed by atoms with van der Waals surface area (Å²) >= 11 is 1.59. The van der Waals surface area contributed by atoms with Crippen LogP contribution in [0.2, 0.25) is 0 Å². The van der Waals surface area contributed by atoms with Gasteiger partial charge in [-0.25, -0.2) is 15.0 Å². The van der Waals surface area contributed by atoms with Gasteiger partial charge in [-0.2, -0.15) is 0 Å². The van der Waals surface area contributed by atoms with E-state index in [4.69, 9.17) is 5.73 Å². The zero-order chi connectivity index (χ0) is 15.4. The lowest BCUT2D eigenvalue weighted by Gasteiger charge is -2.08. The second-order valence-corrected chi connectivity index (χ2v) is 6.14. The smallest absolute Gasteiger partial charge is 0.272 e. The molecule has 0 aromatic carbocycles. The summed E-state index contributed by atoms with van der Waals surface area (Å²) in [6, 6.07) is 0. The van der Waals surface area contributed by atoms with Crippen LogP contribution in [0.4, 0.5) is 5.69 Å². The third-order valence-electron chi connectivity index (χ3n) is 2.92. The molecule has 0 bridgehead atoms. The Hall–Kier alpha value is -2.02. The summed E-state index contributed by atoms with van der Waals surface area (Å²) in [6.45, 7) is 6.39. The Bertz CT molecular complexity index is 638. The number of nitrogens with one attached hydrogen (secondary N) is 1. The Balaban J connectivity index is 2.07. The van der Waals surface area contributed by atoms with Crippen LogP contribution in [0.3, 0.4) is 0 Å². The molecule has 2 heterocycles. The largest absolute Gasteiger partial charge is 0.396 e. The van der Waals surface area contributed by atoms with Gasteiger partial charge < -0.3 is 11.1 Å². The minimum Gasteiger partial charge on any atom is -0.396 e. The first-order valence-corrected chi connectivity index (χ1v) is 7.67. The normalized spacial score (nSPS) is 10.9. The maximum Gasteiger partial charge on any atom is 0.272 e. The number of hydrogen-bond donors (Lipinski definition) is 2. The van der Waals surface area contributed by atoms with E-state index in [9.17, 15) is 4.79 Å². The van der Waals surface area contributed by atoms with Crippen LogP contribution in [-0.2, 0) is 13.0 Å². The molecule has 1 amide bonds. The van der Waals surface area contributed by atoms with Gasteiger partial charge in [0.25, 0.3) is 5.91 Å². The quantitative estimate of drug-likeness (QED) is 0.882. The molecule has 0 atom stereocenters. The van der Waals surface area contributed by atoms with Gasteiger partial charge in [-0.3, -0.25) is 4.79 Å². The molecule has 2 aromatic rings. The van der Waals surface area contributed by atoms with Crippen molar-refractivity contribution in [2.75, 3.05) is 5.73 Å². The third-order valence-corrected chi connectivity index (χ3v) is 4.06. The van der Waals surface area contributed by atoms with Crippen LogP contribution in [0.25, 0.3) is 0 Å². The van der Waals surface area contributed by atoms with E-state index < -0.39 is 0 Å². The molecule has 0 saturated heterocycles. The van der Waals surface area contributed by atoms with Gasteiger partial charge in [0.1, 0.15) is 10.8 Å². The summed E-state index contributed by atoms with van der Waals surface area (Å²) in [5, 5.41) is 3.67. The highest BCUT2D eigenvalue weighted by molar-refractivity contribution is 7.11. The molecule has 0 aliphatic heterocycles. The van der Waals surface area contributed by atoms with Crippen molar-refractivity contribution in [2.24, 2.45) is 0 Å². The highest BCUT2D eigenvalue weighted by Crippen LogP contribution is 2.15. The van der Waals surface area contributed by atoms with Crippen molar-refractivity contribution in [1.82, 2.24) is 20.3 Å². The number of nitrogen functional groups attached to an aromatic ring is 1. The lowest BCUT2D eigenvalue weighted by atomic mass is 10.2. The Morgan fingerprint density at radius 2 is 2.14 bits per heavy atom. The molecule has 0 aliphatic carbocycles. The molecule has 6 nitrogen and oxygen atoms in total. The number of nitrogens with two attached hydrogens (primary N) is 1. The summed E-state index contributed by atoms with van der Waals surface area (Å²) in [6.07, 6.45) is 4.26. The summed E-state index contributed by atoms with van der Waals surface area (Å²) in [5.41, 5.74) is 6.29. The Labute approximate surface area is 127 Å². The predicted molar refractivity (Wildman–Crippen MR) is 83.2 cm³/mol. The van der Waals surface area contributed by atoms with Gasteiger partial charge in [-0.15, -0.1) is 11.3 Å². The minimum absolute atomic E-state index is 0.142. The number of amides is 1. The Morgan fingerprint density at radius 3 is 2.76 bits per heavy atom. The van der Waals surface area contributed by atoms with Crippen molar-refractivity contribution in [3.8, 4) is 0 Å². The van der Waals surface area contributed by atoms with Gasteiger partial charge >= 0.3 is 0 Å². The van der Waals surface area contributed by atoms with Gasteiger partial charge in [0, 0.05) is 17.0 Å². The monoisotopic (exact) mass is 305 g/mol. The highest BCUT2D eigenvalue weighted by Gasteiger charge is 2.15. The van der Waals surface area contributed by atoms with Crippen LogP contribution < -0.4 is 11.1 Å². The molecule has 0 unspecified atom stereocenters. The molecule has 21 heavy (non-hydrogen) atoms. The number of hydrogen-bond acceptors (Lipinski definition) is 6. The fourth-order valence-electron chi connectivity index (χ4n) is 1.70. The number of aryl methyl sites for hydroxylation is 1. The zero-order valence-electron chi connectivity index (χ0n) is 12.4. The van der Waals surface area contributed by atoms with Gasteiger partial charge in [-0.1, -0.05) is 20.8 Å². The average Bonchev–Trinajstić information content (AvgIpc) is 2.93. The van der Waals surface area contributed by atoms with Crippen molar-refractivity contribution >= 4 is 22.9 Å². The highest BCUT2D eigenvalue weighted by atomic mass is 32.1. The topological polar surface area (TPSA) is 93.8 Å². The van der Waals surface area contributed by atoms with E-state index in [2.05, 4.69) is 27.2 Å². The Morgan fingerprint density at radius 1 is 1.38 bits per heavy atom. The molecule has 112 valence electrons. The van der Waals surface area contributed by atoms with Crippen LogP contribution in [0.15, 0.2) is 12.4 Å². The molecule has 0 fully saturated rings. The predicted octanol–water partition coefficient (Wildman–Crippen LogP) is 2.13. The number of aromatic nitrogens is 3. The van der Waals surface area contributed by atoms with Gasteiger partial charge in [0.2, 0.25) is 0 Å². The maximum atomic E-state index is 12.2. The molecule has 0 saturated carbocycles. The molecule has 0 aliphatic rings. The number of rotatable bonds is 5. The SMILES string of the molecule is CCc1cnc(CNC(=O)c2nc(C(C)C)ncc2N)s1. The standard InChI is InChI=1S/C14H19N5OS/c1-4-9-5-16-11(21-9)7-18-14(20)12-10(15)6-17-13(19-12)8(2)3/h5-6,8H,4,7,15H2,1-3H3,(H,18,20). The van der Waals surface area contributed by atoms with Crippen LogP contribution in [0.5, 0.6) is 0 Å². The van der Waals surface area contributed by atoms with E-state index in [1.807, 2.05) is 20.0 Å². The lowest BCUT2D eigenvalue weighted by Crippen LogP contribution is -2.25. The molecule has 0 radical (unpaired) electrons. The van der Waals surface area contributed by atoms with Crippen molar-refractivity contribution in [1.29, 1.82) is 0 Å². The van der Waals surface area contributed by atoms with Crippen LogP contribution in [0.1, 0.15) is 52.9 Å². The summed E-state index contributed by atoms with van der Waals surface area (Å²) in [5.74, 6) is 0.449. The average molecular weight is 305 g/mol. The van der Waals surface area contributed by atoms with E-state index in [1.165, 1.54) is 11.1 Å². The maximum absolute atomic E-state index is 12.2. The van der Waals surface area contributed by atoms with E-state index in [0.29, 0.717) is 12.4 Å². The number of nitrogens with zero attached hydrogens (tertiary/aromatic N) is 3. The second-order valence-electron chi connectivity index (χ2n) is 4.94. The summed E-state index contributed by atoms with van der Waals surface area (Å²) in [4.78, 5) is 26.0. The Kier molecular flexibility index (Phi) is 4.85. The van der Waals surface area contributed by atoms with Gasteiger partial charge in [-0.05, 0) is 6.42 Å². The minimum atomic E-state index is -0.301. The van der Waals surface area contributed by atoms with E-state index in [1.54, 1.807) is 11.3 Å². The van der Waals surface area contributed by atoms with E-state index >= 15 is 0 Å². The molecule has 2 rings (SSSR count). The molecule has 2 aromatic heterocycles. The van der Waals surface area contributed by atoms with Crippen LogP contribution in [-0.4, -0.2) is 20.9 Å². The number of carbonyl (C=O) groups excluding carboxylic acids is 1. The fraction of sp³-hybridized carbons (Fsp3) is 0.429. The van der Waals surface area contributed by atoms with Crippen molar-refractivity contribution in [2.45, 2.75) is 39.7 Å². The van der Waals surface area contributed by atoms with Crippen molar-refractivity contribution < 1.29 is 4.79 Å².